The molecular weight excluding hydrogens is 220 g/mol. The van der Waals surface area contributed by atoms with Crippen molar-refractivity contribution in [3.05, 3.63) is 0 Å². The van der Waals surface area contributed by atoms with Crippen LogP contribution in [-0.4, -0.2) is 24.1 Å². The molecule has 0 aromatic carbocycles. The minimum atomic E-state index is -0.591. The standard InChI is InChI=1S/C13H22O4/c1-12(2,3)11(15)16-8-10(14)17-13(4,5)9-6-7-9/h9H,6-8H2,1-5H3. The zero-order chi connectivity index (χ0) is 13.3. The molecule has 98 valence electrons. The molecule has 0 atom stereocenters. The highest BCUT2D eigenvalue weighted by molar-refractivity contribution is 5.79. The lowest BCUT2D eigenvalue weighted by Gasteiger charge is -2.25. The minimum Gasteiger partial charge on any atom is -0.457 e. The fraction of sp³-hybridized carbons (Fsp3) is 0.846. The van der Waals surface area contributed by atoms with Crippen molar-refractivity contribution in [1.82, 2.24) is 0 Å². The van der Waals surface area contributed by atoms with Gasteiger partial charge in [0.2, 0.25) is 0 Å². The molecule has 0 amide bonds. The Balaban J connectivity index is 2.33. The fourth-order valence-electron chi connectivity index (χ4n) is 1.53. The fourth-order valence-corrected chi connectivity index (χ4v) is 1.53. The third kappa shape index (κ3) is 4.36. The van der Waals surface area contributed by atoms with E-state index in [0.717, 1.165) is 12.8 Å². The van der Waals surface area contributed by atoms with Crippen molar-refractivity contribution in [2.75, 3.05) is 6.61 Å². The Labute approximate surface area is 103 Å². The van der Waals surface area contributed by atoms with Gasteiger partial charge in [0, 0.05) is 0 Å². The predicted octanol–water partition coefficient (Wildman–Crippen LogP) is 2.31. The van der Waals surface area contributed by atoms with Gasteiger partial charge in [-0.3, -0.25) is 4.79 Å². The van der Waals surface area contributed by atoms with E-state index >= 15 is 0 Å². The highest BCUT2D eigenvalue weighted by Gasteiger charge is 2.41. The van der Waals surface area contributed by atoms with Crippen LogP contribution in [0.1, 0.15) is 47.5 Å². The second-order valence-electron chi connectivity index (χ2n) is 6.18. The molecule has 1 saturated carbocycles. The molecule has 0 aliphatic heterocycles. The van der Waals surface area contributed by atoms with Crippen LogP contribution in [0.2, 0.25) is 0 Å². The van der Waals surface area contributed by atoms with Crippen molar-refractivity contribution in [3.63, 3.8) is 0 Å². The van der Waals surface area contributed by atoms with Crippen molar-refractivity contribution in [1.29, 1.82) is 0 Å². The molecule has 0 heterocycles. The van der Waals surface area contributed by atoms with Crippen LogP contribution in [0.25, 0.3) is 0 Å². The molecule has 1 aliphatic carbocycles. The summed E-state index contributed by atoms with van der Waals surface area (Å²) in [6.45, 7) is 8.73. The quantitative estimate of drug-likeness (QED) is 0.710. The van der Waals surface area contributed by atoms with E-state index in [-0.39, 0.29) is 6.61 Å². The van der Waals surface area contributed by atoms with Crippen molar-refractivity contribution in [2.45, 2.75) is 53.1 Å². The van der Waals surface area contributed by atoms with Crippen LogP contribution in [0.5, 0.6) is 0 Å². The first-order valence-electron chi connectivity index (χ1n) is 6.02. The summed E-state index contributed by atoms with van der Waals surface area (Å²) >= 11 is 0. The van der Waals surface area contributed by atoms with E-state index in [2.05, 4.69) is 0 Å². The van der Waals surface area contributed by atoms with Gasteiger partial charge in [-0.15, -0.1) is 0 Å². The van der Waals surface area contributed by atoms with Gasteiger partial charge in [-0.25, -0.2) is 4.79 Å². The van der Waals surface area contributed by atoms with E-state index < -0.39 is 23.0 Å². The second kappa shape index (κ2) is 4.67. The Morgan fingerprint density at radius 3 is 2.06 bits per heavy atom. The number of rotatable bonds is 4. The van der Waals surface area contributed by atoms with Gasteiger partial charge in [-0.05, 0) is 53.4 Å². The number of esters is 2. The molecule has 0 radical (unpaired) electrons. The van der Waals surface area contributed by atoms with Crippen LogP contribution in [0, 0.1) is 11.3 Å². The number of carbonyl (C=O) groups excluding carboxylic acids is 2. The first-order chi connectivity index (χ1) is 7.63. The molecule has 0 bridgehead atoms. The van der Waals surface area contributed by atoms with Crippen LogP contribution in [0.3, 0.4) is 0 Å². The van der Waals surface area contributed by atoms with Gasteiger partial charge >= 0.3 is 11.9 Å². The average Bonchev–Trinajstić information content (AvgIpc) is 2.94. The number of carbonyl (C=O) groups is 2. The summed E-state index contributed by atoms with van der Waals surface area (Å²) in [5, 5.41) is 0. The van der Waals surface area contributed by atoms with Crippen molar-refractivity contribution < 1.29 is 19.1 Å². The van der Waals surface area contributed by atoms with Gasteiger partial charge < -0.3 is 9.47 Å². The van der Waals surface area contributed by atoms with E-state index in [0.29, 0.717) is 5.92 Å². The summed E-state index contributed by atoms with van der Waals surface area (Å²) in [4.78, 5) is 23.0. The SMILES string of the molecule is CC(C)(C)C(=O)OCC(=O)OC(C)(C)C1CC1. The van der Waals surface area contributed by atoms with Crippen LogP contribution in [0.15, 0.2) is 0 Å². The molecule has 1 aliphatic rings. The van der Waals surface area contributed by atoms with E-state index in [1.54, 1.807) is 20.8 Å². The predicted molar refractivity (Wildman–Crippen MR) is 63.3 cm³/mol. The highest BCUT2D eigenvalue weighted by atomic mass is 16.6. The normalized spacial score (nSPS) is 16.5. The molecule has 17 heavy (non-hydrogen) atoms. The lowest BCUT2D eigenvalue weighted by molar-refractivity contribution is -0.172. The first kappa shape index (κ1) is 14.0. The summed E-state index contributed by atoms with van der Waals surface area (Å²) in [6.07, 6.45) is 2.20. The zero-order valence-corrected chi connectivity index (χ0v) is 11.3. The largest absolute Gasteiger partial charge is 0.457 e. The maximum atomic E-state index is 11.5. The third-order valence-corrected chi connectivity index (χ3v) is 2.87. The summed E-state index contributed by atoms with van der Waals surface area (Å²) in [7, 11) is 0. The molecule has 4 nitrogen and oxygen atoms in total. The zero-order valence-electron chi connectivity index (χ0n) is 11.3. The molecular formula is C13H22O4. The van der Waals surface area contributed by atoms with Gasteiger partial charge in [0.05, 0.1) is 5.41 Å². The third-order valence-electron chi connectivity index (χ3n) is 2.87. The maximum Gasteiger partial charge on any atom is 0.344 e. The summed E-state index contributed by atoms with van der Waals surface area (Å²) in [5.74, 6) is -0.414. The van der Waals surface area contributed by atoms with E-state index in [1.807, 2.05) is 13.8 Å². The Morgan fingerprint density at radius 1 is 1.12 bits per heavy atom. The summed E-state index contributed by atoms with van der Waals surface area (Å²) in [5.41, 5.74) is -1.03. The summed E-state index contributed by atoms with van der Waals surface area (Å²) < 4.78 is 10.2. The Kier molecular flexibility index (Phi) is 3.84. The molecule has 0 N–H and O–H groups in total. The Hall–Kier alpha value is -1.06. The first-order valence-corrected chi connectivity index (χ1v) is 6.02. The van der Waals surface area contributed by atoms with Crippen LogP contribution < -0.4 is 0 Å². The average molecular weight is 242 g/mol. The number of ether oxygens (including phenoxy) is 2. The molecule has 0 saturated heterocycles. The van der Waals surface area contributed by atoms with Gasteiger partial charge in [-0.1, -0.05) is 0 Å². The van der Waals surface area contributed by atoms with Crippen molar-refractivity contribution >= 4 is 11.9 Å². The summed E-state index contributed by atoms with van der Waals surface area (Å²) in [6, 6.07) is 0. The van der Waals surface area contributed by atoms with Gasteiger partial charge in [0.15, 0.2) is 6.61 Å². The molecule has 1 fully saturated rings. The topological polar surface area (TPSA) is 52.6 Å². The van der Waals surface area contributed by atoms with Crippen molar-refractivity contribution in [2.24, 2.45) is 11.3 Å². The van der Waals surface area contributed by atoms with E-state index in [9.17, 15) is 9.59 Å². The van der Waals surface area contributed by atoms with E-state index in [1.165, 1.54) is 0 Å². The van der Waals surface area contributed by atoms with Crippen LogP contribution in [0.4, 0.5) is 0 Å². The van der Waals surface area contributed by atoms with E-state index in [4.69, 9.17) is 9.47 Å². The molecule has 1 rings (SSSR count). The Morgan fingerprint density at radius 2 is 1.65 bits per heavy atom. The molecule has 0 unspecified atom stereocenters. The lowest BCUT2D eigenvalue weighted by atomic mass is 9.97. The second-order valence-corrected chi connectivity index (χ2v) is 6.18. The highest BCUT2D eigenvalue weighted by Crippen LogP contribution is 2.41. The van der Waals surface area contributed by atoms with Gasteiger partial charge in [0.25, 0.3) is 0 Å². The van der Waals surface area contributed by atoms with Crippen LogP contribution in [-0.2, 0) is 19.1 Å². The smallest absolute Gasteiger partial charge is 0.344 e. The molecule has 0 aromatic rings. The van der Waals surface area contributed by atoms with Crippen LogP contribution >= 0.6 is 0 Å². The molecule has 0 aromatic heterocycles. The van der Waals surface area contributed by atoms with Gasteiger partial charge in [0.1, 0.15) is 5.60 Å². The van der Waals surface area contributed by atoms with Crippen molar-refractivity contribution in [3.8, 4) is 0 Å². The number of hydrogen-bond donors (Lipinski definition) is 0. The molecule has 4 heteroatoms. The Bertz CT molecular complexity index is 308. The van der Waals surface area contributed by atoms with Gasteiger partial charge in [-0.2, -0.15) is 0 Å². The maximum absolute atomic E-state index is 11.5. The lowest BCUT2D eigenvalue weighted by Crippen LogP contribution is -2.33. The number of hydrogen-bond acceptors (Lipinski definition) is 4. The minimum absolute atomic E-state index is 0.299. The molecule has 0 spiro atoms. The monoisotopic (exact) mass is 242 g/mol.